The van der Waals surface area contributed by atoms with Gasteiger partial charge < -0.3 is 5.73 Å². The van der Waals surface area contributed by atoms with Crippen molar-refractivity contribution in [2.24, 2.45) is 10.8 Å². The molecule has 2 aromatic rings. The summed E-state index contributed by atoms with van der Waals surface area (Å²) in [4.78, 5) is 3.88. The molecule has 0 fully saturated rings. The summed E-state index contributed by atoms with van der Waals surface area (Å²) in [5, 5.41) is 8.96. The van der Waals surface area contributed by atoms with Crippen molar-refractivity contribution in [1.82, 2.24) is 20.2 Å². The van der Waals surface area contributed by atoms with Gasteiger partial charge in [-0.3, -0.25) is 5.43 Å². The standard InChI is InChI=1S/C11H11ClN6S/c12-9-3-1-8(2-4-9)10(16-17-11(13)19)5-18-7-14-6-15-18/h1-4,6-7H,5H2,(H3,13,17,19)/b16-10-. The van der Waals surface area contributed by atoms with Gasteiger partial charge in [-0.2, -0.15) is 10.2 Å². The van der Waals surface area contributed by atoms with E-state index >= 15 is 0 Å². The molecule has 0 bridgehead atoms. The summed E-state index contributed by atoms with van der Waals surface area (Å²) >= 11 is 10.6. The van der Waals surface area contributed by atoms with E-state index in [9.17, 15) is 0 Å². The van der Waals surface area contributed by atoms with E-state index in [4.69, 9.17) is 29.6 Å². The molecule has 1 heterocycles. The molecule has 0 radical (unpaired) electrons. The number of nitrogens with zero attached hydrogens (tertiary/aromatic N) is 4. The fraction of sp³-hybridized carbons (Fsp3) is 0.0909. The van der Waals surface area contributed by atoms with E-state index in [0.717, 1.165) is 11.3 Å². The second-order valence-electron chi connectivity index (χ2n) is 3.63. The maximum absolute atomic E-state index is 5.86. The molecule has 0 aliphatic heterocycles. The van der Waals surface area contributed by atoms with Crippen LogP contribution in [0, 0.1) is 0 Å². The van der Waals surface area contributed by atoms with Gasteiger partial charge in [0.1, 0.15) is 12.7 Å². The Morgan fingerprint density at radius 2 is 2.16 bits per heavy atom. The van der Waals surface area contributed by atoms with Crippen LogP contribution in [-0.4, -0.2) is 25.6 Å². The number of halogens is 1. The normalized spacial score (nSPS) is 11.3. The fourth-order valence-corrected chi connectivity index (χ4v) is 1.60. The first-order chi connectivity index (χ1) is 9.15. The molecule has 0 saturated heterocycles. The third-order valence-electron chi connectivity index (χ3n) is 2.26. The van der Waals surface area contributed by atoms with Gasteiger partial charge in [0.2, 0.25) is 0 Å². The zero-order chi connectivity index (χ0) is 13.7. The van der Waals surface area contributed by atoms with Crippen LogP contribution in [0.2, 0.25) is 5.02 Å². The topological polar surface area (TPSA) is 81.1 Å². The molecular weight excluding hydrogens is 284 g/mol. The minimum atomic E-state index is 0.102. The minimum Gasteiger partial charge on any atom is -0.375 e. The van der Waals surface area contributed by atoms with E-state index in [1.165, 1.54) is 6.33 Å². The number of thiocarbonyl (C=S) groups is 1. The zero-order valence-electron chi connectivity index (χ0n) is 9.82. The van der Waals surface area contributed by atoms with Gasteiger partial charge in [-0.25, -0.2) is 9.67 Å². The van der Waals surface area contributed by atoms with Gasteiger partial charge >= 0.3 is 0 Å². The molecule has 8 heteroatoms. The molecule has 3 N–H and O–H groups in total. The van der Waals surface area contributed by atoms with Crippen LogP contribution >= 0.6 is 23.8 Å². The number of hydrogen-bond acceptors (Lipinski definition) is 4. The number of aromatic nitrogens is 3. The van der Waals surface area contributed by atoms with Gasteiger partial charge in [0.25, 0.3) is 0 Å². The Labute approximate surface area is 120 Å². The highest BCUT2D eigenvalue weighted by molar-refractivity contribution is 7.80. The monoisotopic (exact) mass is 294 g/mol. The summed E-state index contributed by atoms with van der Waals surface area (Å²) in [6.45, 7) is 0.442. The first-order valence-corrected chi connectivity index (χ1v) is 6.14. The van der Waals surface area contributed by atoms with E-state index in [1.807, 2.05) is 12.1 Å². The van der Waals surface area contributed by atoms with E-state index in [2.05, 4.69) is 20.6 Å². The zero-order valence-corrected chi connectivity index (χ0v) is 11.4. The number of nitrogens with one attached hydrogen (secondary N) is 1. The number of benzene rings is 1. The Balaban J connectivity index is 2.25. The van der Waals surface area contributed by atoms with Crippen LogP contribution in [0.5, 0.6) is 0 Å². The summed E-state index contributed by atoms with van der Waals surface area (Å²) in [6, 6.07) is 7.29. The smallest absolute Gasteiger partial charge is 0.184 e. The SMILES string of the molecule is NC(=S)N/N=C(/Cn1cncn1)c1ccc(Cl)cc1. The largest absolute Gasteiger partial charge is 0.375 e. The van der Waals surface area contributed by atoms with Crippen LogP contribution in [0.4, 0.5) is 0 Å². The van der Waals surface area contributed by atoms with Crippen molar-refractivity contribution < 1.29 is 0 Å². The lowest BCUT2D eigenvalue weighted by Gasteiger charge is -2.07. The molecule has 0 aliphatic rings. The predicted octanol–water partition coefficient (Wildman–Crippen LogP) is 1.17. The minimum absolute atomic E-state index is 0.102. The van der Waals surface area contributed by atoms with Crippen molar-refractivity contribution in [2.45, 2.75) is 6.54 Å². The molecule has 98 valence electrons. The van der Waals surface area contributed by atoms with Crippen LogP contribution in [-0.2, 0) is 6.54 Å². The van der Waals surface area contributed by atoms with Gasteiger partial charge in [-0.05, 0) is 29.9 Å². The molecule has 0 atom stereocenters. The van der Waals surface area contributed by atoms with E-state index in [0.29, 0.717) is 11.6 Å². The molecule has 6 nitrogen and oxygen atoms in total. The van der Waals surface area contributed by atoms with Gasteiger partial charge in [0.05, 0.1) is 12.3 Å². The Morgan fingerprint density at radius 1 is 1.42 bits per heavy atom. The molecule has 0 saturated carbocycles. The van der Waals surface area contributed by atoms with Gasteiger partial charge in [-0.1, -0.05) is 23.7 Å². The molecular formula is C11H11ClN6S. The highest BCUT2D eigenvalue weighted by Gasteiger charge is 2.06. The van der Waals surface area contributed by atoms with Crippen molar-refractivity contribution >= 4 is 34.6 Å². The average molecular weight is 295 g/mol. The van der Waals surface area contributed by atoms with E-state index in [-0.39, 0.29) is 5.11 Å². The Morgan fingerprint density at radius 3 is 2.74 bits per heavy atom. The van der Waals surface area contributed by atoms with Gasteiger partial charge in [-0.15, -0.1) is 0 Å². The molecule has 1 aromatic carbocycles. The molecule has 19 heavy (non-hydrogen) atoms. The number of hydrogen-bond donors (Lipinski definition) is 2. The second-order valence-corrected chi connectivity index (χ2v) is 4.51. The number of hydrazone groups is 1. The molecule has 1 aromatic heterocycles. The first-order valence-electron chi connectivity index (χ1n) is 5.35. The summed E-state index contributed by atoms with van der Waals surface area (Å²) < 4.78 is 1.65. The first kappa shape index (κ1) is 13.4. The summed E-state index contributed by atoms with van der Waals surface area (Å²) in [5.74, 6) is 0. The summed E-state index contributed by atoms with van der Waals surface area (Å²) in [5.41, 5.74) is 9.56. The quantitative estimate of drug-likeness (QED) is 0.502. The van der Waals surface area contributed by atoms with Crippen LogP contribution < -0.4 is 11.2 Å². The van der Waals surface area contributed by atoms with Crippen LogP contribution in [0.25, 0.3) is 0 Å². The maximum atomic E-state index is 5.86. The third kappa shape index (κ3) is 4.01. The van der Waals surface area contributed by atoms with Crippen molar-refractivity contribution in [3.05, 3.63) is 47.5 Å². The maximum Gasteiger partial charge on any atom is 0.184 e. The van der Waals surface area contributed by atoms with Gasteiger partial charge in [0.15, 0.2) is 5.11 Å². The molecule has 0 unspecified atom stereocenters. The highest BCUT2D eigenvalue weighted by atomic mass is 35.5. The van der Waals surface area contributed by atoms with E-state index < -0.39 is 0 Å². The van der Waals surface area contributed by atoms with Crippen molar-refractivity contribution in [1.29, 1.82) is 0 Å². The highest BCUT2D eigenvalue weighted by Crippen LogP contribution is 2.11. The second kappa shape index (κ2) is 6.26. The van der Waals surface area contributed by atoms with Crippen molar-refractivity contribution in [2.75, 3.05) is 0 Å². The predicted molar refractivity (Wildman–Crippen MR) is 77.9 cm³/mol. The number of rotatable bonds is 4. The van der Waals surface area contributed by atoms with Crippen molar-refractivity contribution in [3.63, 3.8) is 0 Å². The number of nitrogens with two attached hydrogens (primary N) is 1. The lowest BCUT2D eigenvalue weighted by Crippen LogP contribution is -2.27. The molecule has 0 spiro atoms. The van der Waals surface area contributed by atoms with Crippen LogP contribution in [0.3, 0.4) is 0 Å². The lowest BCUT2D eigenvalue weighted by molar-refractivity contribution is 0.718. The third-order valence-corrected chi connectivity index (χ3v) is 2.60. The van der Waals surface area contributed by atoms with Gasteiger partial charge in [0, 0.05) is 5.02 Å². The fourth-order valence-electron chi connectivity index (χ4n) is 1.42. The molecule has 0 aliphatic carbocycles. The van der Waals surface area contributed by atoms with Crippen LogP contribution in [0.15, 0.2) is 42.0 Å². The van der Waals surface area contributed by atoms with Crippen LogP contribution in [0.1, 0.15) is 5.56 Å². The molecule has 0 amide bonds. The Hall–Kier alpha value is -1.99. The van der Waals surface area contributed by atoms with E-state index in [1.54, 1.807) is 23.1 Å². The molecule has 2 rings (SSSR count). The average Bonchev–Trinajstić information content (AvgIpc) is 2.88. The Bertz CT molecular complexity index is 578. The van der Waals surface area contributed by atoms with Crippen molar-refractivity contribution in [3.8, 4) is 0 Å². The Kier molecular flexibility index (Phi) is 4.43. The summed E-state index contributed by atoms with van der Waals surface area (Å²) in [6.07, 6.45) is 3.06. The lowest BCUT2D eigenvalue weighted by atomic mass is 10.1. The summed E-state index contributed by atoms with van der Waals surface area (Å²) in [7, 11) is 0.